The van der Waals surface area contributed by atoms with Crippen molar-refractivity contribution >= 4 is 0 Å². The molecule has 1 aromatic carbocycles. The van der Waals surface area contributed by atoms with E-state index in [0.717, 1.165) is 6.07 Å². The lowest BCUT2D eigenvalue weighted by molar-refractivity contribution is 0.00302. The molecule has 84 valence electrons. The molecule has 0 aliphatic heterocycles. The maximum Gasteiger partial charge on any atom is 0.129 e. The van der Waals surface area contributed by atoms with Gasteiger partial charge in [0.15, 0.2) is 0 Å². The van der Waals surface area contributed by atoms with E-state index in [1.807, 2.05) is 0 Å². The van der Waals surface area contributed by atoms with Crippen LogP contribution in [0.4, 0.5) is 8.78 Å². The minimum absolute atomic E-state index is 0.229. The number of benzene rings is 1. The third kappa shape index (κ3) is 1.91. The van der Waals surface area contributed by atoms with Crippen LogP contribution in [-0.4, -0.2) is 11.2 Å². The van der Waals surface area contributed by atoms with Gasteiger partial charge < -0.3 is 5.11 Å². The van der Waals surface area contributed by atoms with Crippen molar-refractivity contribution in [1.29, 1.82) is 5.26 Å². The summed E-state index contributed by atoms with van der Waals surface area (Å²) in [5.74, 6) is -1.25. The van der Waals surface area contributed by atoms with Crippen LogP contribution in [0.1, 0.15) is 18.4 Å². The molecule has 2 rings (SSSR count). The van der Waals surface area contributed by atoms with Crippen LogP contribution >= 0.6 is 0 Å². The molecular formula is C12H11F2NO. The molecule has 0 amide bonds. The molecule has 4 heteroatoms. The lowest BCUT2D eigenvalue weighted by Crippen LogP contribution is -2.41. The van der Waals surface area contributed by atoms with Crippen LogP contribution in [0.5, 0.6) is 0 Å². The normalized spacial score (nSPS) is 28.2. The Bertz CT molecular complexity index is 447. The largest absolute Gasteiger partial charge is 0.393 e. The van der Waals surface area contributed by atoms with Crippen molar-refractivity contribution in [3.05, 3.63) is 35.4 Å². The number of hydrogen-bond donors (Lipinski definition) is 1. The van der Waals surface area contributed by atoms with Crippen LogP contribution in [0, 0.1) is 28.4 Å². The highest BCUT2D eigenvalue weighted by Gasteiger charge is 2.44. The van der Waals surface area contributed by atoms with Crippen LogP contribution in [0.25, 0.3) is 0 Å². The zero-order valence-corrected chi connectivity index (χ0v) is 8.58. The highest BCUT2D eigenvalue weighted by molar-refractivity contribution is 5.24. The Labute approximate surface area is 92.1 Å². The number of nitrogens with zero attached hydrogens (tertiary/aromatic N) is 1. The summed E-state index contributed by atoms with van der Waals surface area (Å²) in [5, 5.41) is 18.2. The highest BCUT2D eigenvalue weighted by atomic mass is 19.1. The van der Waals surface area contributed by atoms with Crippen molar-refractivity contribution in [3.63, 3.8) is 0 Å². The first kappa shape index (κ1) is 11.0. The van der Waals surface area contributed by atoms with E-state index < -0.39 is 23.2 Å². The van der Waals surface area contributed by atoms with Crippen LogP contribution in [0.15, 0.2) is 18.2 Å². The van der Waals surface area contributed by atoms with E-state index in [1.165, 1.54) is 12.1 Å². The molecule has 0 spiro atoms. The van der Waals surface area contributed by atoms with Crippen LogP contribution < -0.4 is 0 Å². The van der Waals surface area contributed by atoms with Gasteiger partial charge in [-0.05, 0) is 30.9 Å². The molecular weight excluding hydrogens is 212 g/mol. The monoisotopic (exact) mass is 223 g/mol. The first-order valence-corrected chi connectivity index (χ1v) is 5.08. The van der Waals surface area contributed by atoms with Crippen LogP contribution in [0.2, 0.25) is 0 Å². The van der Waals surface area contributed by atoms with Gasteiger partial charge in [-0.2, -0.15) is 5.26 Å². The molecule has 1 fully saturated rings. The Kier molecular flexibility index (Phi) is 2.64. The van der Waals surface area contributed by atoms with E-state index in [1.54, 1.807) is 0 Å². The van der Waals surface area contributed by atoms with Crippen molar-refractivity contribution in [2.24, 2.45) is 5.41 Å². The molecule has 0 aromatic heterocycles. The second kappa shape index (κ2) is 3.84. The Balaban J connectivity index is 2.18. The molecule has 1 saturated carbocycles. The Morgan fingerprint density at radius 3 is 2.62 bits per heavy atom. The van der Waals surface area contributed by atoms with E-state index in [9.17, 15) is 13.9 Å². The summed E-state index contributed by atoms with van der Waals surface area (Å²) in [6.07, 6.45) is 0.482. The van der Waals surface area contributed by atoms with E-state index in [0.29, 0.717) is 18.4 Å². The molecule has 1 aliphatic rings. The summed E-state index contributed by atoms with van der Waals surface area (Å²) in [4.78, 5) is 0. The van der Waals surface area contributed by atoms with Gasteiger partial charge >= 0.3 is 0 Å². The average Bonchev–Trinajstić information content (AvgIpc) is 2.19. The summed E-state index contributed by atoms with van der Waals surface area (Å²) < 4.78 is 26.0. The zero-order valence-electron chi connectivity index (χ0n) is 8.58. The number of aliphatic hydroxyl groups is 1. The van der Waals surface area contributed by atoms with Gasteiger partial charge in [-0.15, -0.1) is 0 Å². The fourth-order valence-electron chi connectivity index (χ4n) is 2.15. The van der Waals surface area contributed by atoms with Gasteiger partial charge in [0.25, 0.3) is 0 Å². The van der Waals surface area contributed by atoms with Crippen molar-refractivity contribution in [3.8, 4) is 6.07 Å². The number of hydrogen-bond acceptors (Lipinski definition) is 2. The molecule has 16 heavy (non-hydrogen) atoms. The van der Waals surface area contributed by atoms with Crippen molar-refractivity contribution in [1.82, 2.24) is 0 Å². The van der Waals surface area contributed by atoms with Gasteiger partial charge in [-0.1, -0.05) is 6.07 Å². The lowest BCUT2D eigenvalue weighted by atomic mass is 9.64. The zero-order chi connectivity index (χ0) is 11.8. The highest BCUT2D eigenvalue weighted by Crippen LogP contribution is 2.43. The van der Waals surface area contributed by atoms with Gasteiger partial charge in [0.1, 0.15) is 11.6 Å². The van der Waals surface area contributed by atoms with Crippen LogP contribution in [0.3, 0.4) is 0 Å². The molecule has 0 heterocycles. The first-order valence-electron chi connectivity index (χ1n) is 5.08. The summed E-state index contributed by atoms with van der Waals surface area (Å²) in [6.45, 7) is 0. The number of halogens is 2. The topological polar surface area (TPSA) is 44.0 Å². The smallest absolute Gasteiger partial charge is 0.129 e. The second-order valence-corrected chi connectivity index (χ2v) is 4.37. The predicted molar refractivity (Wildman–Crippen MR) is 53.3 cm³/mol. The van der Waals surface area contributed by atoms with Gasteiger partial charge in [-0.3, -0.25) is 0 Å². The summed E-state index contributed by atoms with van der Waals surface area (Å²) in [7, 11) is 0. The number of rotatable bonds is 2. The maximum atomic E-state index is 13.4. The SMILES string of the molecule is N#CC1(Cc2ccc(F)cc2F)CC(O)C1. The number of nitriles is 1. The Hall–Kier alpha value is -1.47. The Morgan fingerprint density at radius 1 is 1.44 bits per heavy atom. The predicted octanol–water partition coefficient (Wildman–Crippen LogP) is 2.17. The molecule has 2 nitrogen and oxygen atoms in total. The van der Waals surface area contributed by atoms with Crippen molar-refractivity contribution in [2.75, 3.05) is 0 Å². The van der Waals surface area contributed by atoms with Crippen molar-refractivity contribution in [2.45, 2.75) is 25.4 Å². The molecule has 1 aliphatic carbocycles. The third-order valence-corrected chi connectivity index (χ3v) is 3.03. The van der Waals surface area contributed by atoms with Crippen molar-refractivity contribution < 1.29 is 13.9 Å². The third-order valence-electron chi connectivity index (χ3n) is 3.03. The number of aliphatic hydroxyl groups excluding tert-OH is 1. The van der Waals surface area contributed by atoms with Gasteiger partial charge in [0, 0.05) is 6.07 Å². The molecule has 0 radical (unpaired) electrons. The standard InChI is InChI=1S/C12H11F2NO/c13-9-2-1-8(11(14)3-9)4-12(7-15)5-10(16)6-12/h1-3,10,16H,4-6H2. The molecule has 1 N–H and O–H groups in total. The fraction of sp³-hybridized carbons (Fsp3) is 0.417. The van der Waals surface area contributed by atoms with Crippen LogP contribution in [-0.2, 0) is 6.42 Å². The minimum Gasteiger partial charge on any atom is -0.393 e. The summed E-state index contributed by atoms with van der Waals surface area (Å²) in [6, 6.07) is 5.46. The lowest BCUT2D eigenvalue weighted by Gasteiger charge is -2.39. The average molecular weight is 223 g/mol. The van der Waals surface area contributed by atoms with E-state index in [4.69, 9.17) is 5.26 Å². The van der Waals surface area contributed by atoms with E-state index >= 15 is 0 Å². The molecule has 0 saturated heterocycles. The quantitative estimate of drug-likeness (QED) is 0.835. The summed E-state index contributed by atoms with van der Waals surface area (Å²) >= 11 is 0. The first-order chi connectivity index (χ1) is 7.54. The van der Waals surface area contributed by atoms with E-state index in [2.05, 4.69) is 6.07 Å². The molecule has 0 unspecified atom stereocenters. The Morgan fingerprint density at radius 2 is 2.12 bits per heavy atom. The van der Waals surface area contributed by atoms with Gasteiger partial charge in [-0.25, -0.2) is 8.78 Å². The molecule has 0 bridgehead atoms. The van der Waals surface area contributed by atoms with E-state index in [-0.39, 0.29) is 6.42 Å². The van der Waals surface area contributed by atoms with Gasteiger partial charge in [0.2, 0.25) is 0 Å². The molecule has 0 atom stereocenters. The minimum atomic E-state index is -0.682. The second-order valence-electron chi connectivity index (χ2n) is 4.37. The van der Waals surface area contributed by atoms with Gasteiger partial charge in [0.05, 0.1) is 17.6 Å². The fourth-order valence-corrected chi connectivity index (χ4v) is 2.15. The summed E-state index contributed by atoms with van der Waals surface area (Å²) in [5.41, 5.74) is -0.354. The maximum absolute atomic E-state index is 13.4. The molecule has 1 aromatic rings.